The van der Waals surface area contributed by atoms with Gasteiger partial charge in [0.25, 0.3) is 0 Å². The molecule has 0 aromatic heterocycles. The molecule has 0 amide bonds. The number of benzene rings is 2. The number of rotatable bonds is 15. The number of hydrogen-bond acceptors (Lipinski definition) is 6. The molecular formula is C31H38N4OSSi. The minimum Gasteiger partial charge on any atom is -0.361 e. The Bertz CT molecular complexity index is 1170. The van der Waals surface area contributed by atoms with Crippen molar-refractivity contribution >= 4 is 32.3 Å². The van der Waals surface area contributed by atoms with Gasteiger partial charge in [-0.3, -0.25) is 4.99 Å². The number of allylic oxidation sites excluding steroid dienone is 2. The van der Waals surface area contributed by atoms with Crippen molar-refractivity contribution in [1.82, 2.24) is 4.90 Å². The smallest absolute Gasteiger partial charge is 0.172 e. The summed E-state index contributed by atoms with van der Waals surface area (Å²) in [6, 6.07) is 23.1. The maximum absolute atomic E-state index is 9.75. The third-order valence-electron chi connectivity index (χ3n) is 5.45. The van der Waals surface area contributed by atoms with Gasteiger partial charge in [-0.1, -0.05) is 111 Å². The van der Waals surface area contributed by atoms with Crippen LogP contribution < -0.4 is 0 Å². The van der Waals surface area contributed by atoms with Gasteiger partial charge in [0, 0.05) is 36.8 Å². The first kappa shape index (κ1) is 30.8. The van der Waals surface area contributed by atoms with Crippen molar-refractivity contribution < 1.29 is 4.74 Å². The van der Waals surface area contributed by atoms with Crippen molar-refractivity contribution in [3.05, 3.63) is 120 Å². The monoisotopic (exact) mass is 542 g/mol. The van der Waals surface area contributed by atoms with Gasteiger partial charge < -0.3 is 9.64 Å². The van der Waals surface area contributed by atoms with Gasteiger partial charge in [0.15, 0.2) is 5.70 Å². The maximum Gasteiger partial charge on any atom is 0.172 e. The predicted molar refractivity (Wildman–Crippen MR) is 167 cm³/mol. The van der Waals surface area contributed by atoms with Gasteiger partial charge in [-0.15, -0.1) is 0 Å². The lowest BCUT2D eigenvalue weighted by Crippen LogP contribution is -2.24. The molecule has 2 rings (SSSR count). The summed E-state index contributed by atoms with van der Waals surface area (Å²) in [4.78, 5) is 10.8. The highest BCUT2D eigenvalue weighted by molar-refractivity contribution is 8.03. The molecule has 0 spiro atoms. The number of ether oxygens (including phenoxy) is 1. The minimum absolute atomic E-state index is 0.0251. The van der Waals surface area contributed by atoms with Crippen LogP contribution >= 0.6 is 11.8 Å². The van der Waals surface area contributed by atoms with Gasteiger partial charge in [0.1, 0.15) is 17.8 Å². The van der Waals surface area contributed by atoms with Crippen molar-refractivity contribution in [2.45, 2.75) is 37.9 Å². The standard InChI is InChI=1S/C31H38N4OSSi/c1-8-35(24-36-21-22-38(5,6)7)25(2)19-20-26(3)37-31(29(23-32)33-4)34-30(27-15-11-9-12-16-27)28-17-13-10-14-18-28/h8-20,26H,1-2,4,21-22,24H2,3,5-7H3/b20-19-,31-29-. The summed E-state index contributed by atoms with van der Waals surface area (Å²) in [5, 5.41) is 10.2. The van der Waals surface area contributed by atoms with Crippen LogP contribution in [0.3, 0.4) is 0 Å². The van der Waals surface area contributed by atoms with E-state index >= 15 is 0 Å². The Balaban J connectivity index is 2.24. The molecule has 2 aromatic rings. The fourth-order valence-electron chi connectivity index (χ4n) is 3.23. The summed E-state index contributed by atoms with van der Waals surface area (Å²) in [6.45, 7) is 21.8. The molecule has 0 fully saturated rings. The van der Waals surface area contributed by atoms with E-state index in [4.69, 9.17) is 9.73 Å². The minimum atomic E-state index is -1.14. The quantitative estimate of drug-likeness (QED) is 0.0574. The second kappa shape index (κ2) is 15.7. The van der Waals surface area contributed by atoms with Crippen LogP contribution in [0, 0.1) is 11.3 Å². The maximum atomic E-state index is 9.75. The molecule has 0 saturated carbocycles. The number of nitriles is 1. The topological polar surface area (TPSA) is 61.0 Å². The van der Waals surface area contributed by atoms with Crippen molar-refractivity contribution in [2.24, 2.45) is 9.98 Å². The zero-order valence-electron chi connectivity index (χ0n) is 22.9. The van der Waals surface area contributed by atoms with Crippen molar-refractivity contribution in [1.29, 1.82) is 5.26 Å². The van der Waals surface area contributed by atoms with E-state index in [9.17, 15) is 5.26 Å². The summed E-state index contributed by atoms with van der Waals surface area (Å²) in [6.07, 6.45) is 5.67. The van der Waals surface area contributed by atoms with Gasteiger partial charge in [-0.05, 0) is 32.0 Å². The zero-order valence-corrected chi connectivity index (χ0v) is 24.7. The average Bonchev–Trinajstić information content (AvgIpc) is 2.91. The molecule has 1 atom stereocenters. The van der Waals surface area contributed by atoms with Crippen LogP contribution in [0.5, 0.6) is 0 Å². The highest BCUT2D eigenvalue weighted by Crippen LogP contribution is 2.29. The number of aliphatic imine (C=N–C) groups is 2. The Morgan fingerprint density at radius 3 is 2.16 bits per heavy atom. The van der Waals surface area contributed by atoms with Gasteiger partial charge >= 0.3 is 0 Å². The molecule has 7 heteroatoms. The van der Waals surface area contributed by atoms with Crippen molar-refractivity contribution in [3.63, 3.8) is 0 Å². The first-order valence-electron chi connectivity index (χ1n) is 12.5. The predicted octanol–water partition coefficient (Wildman–Crippen LogP) is 7.87. The lowest BCUT2D eigenvalue weighted by atomic mass is 10.0. The molecule has 0 heterocycles. The number of hydrogen-bond donors (Lipinski definition) is 0. The second-order valence-electron chi connectivity index (χ2n) is 9.79. The molecule has 2 aromatic carbocycles. The second-order valence-corrected chi connectivity index (χ2v) is 16.8. The van der Waals surface area contributed by atoms with Crippen molar-refractivity contribution in [3.8, 4) is 6.07 Å². The first-order valence-corrected chi connectivity index (χ1v) is 17.1. The van der Waals surface area contributed by atoms with E-state index in [2.05, 4.69) is 50.6 Å². The van der Waals surface area contributed by atoms with E-state index < -0.39 is 8.07 Å². The summed E-state index contributed by atoms with van der Waals surface area (Å²) < 4.78 is 5.85. The van der Waals surface area contributed by atoms with Crippen LogP contribution in [0.2, 0.25) is 25.7 Å². The summed E-state index contributed by atoms with van der Waals surface area (Å²) in [7, 11) is -1.14. The summed E-state index contributed by atoms with van der Waals surface area (Å²) in [5.41, 5.74) is 3.61. The first-order chi connectivity index (χ1) is 18.2. The molecule has 0 aliphatic rings. The summed E-state index contributed by atoms with van der Waals surface area (Å²) in [5.74, 6) is 0. The Labute approximate surface area is 233 Å². The van der Waals surface area contributed by atoms with Crippen LogP contribution in [0.25, 0.3) is 0 Å². The number of thioether (sulfide) groups is 1. The highest BCUT2D eigenvalue weighted by atomic mass is 32.2. The highest BCUT2D eigenvalue weighted by Gasteiger charge is 2.15. The Hall–Kier alpha value is -3.44. The molecule has 38 heavy (non-hydrogen) atoms. The largest absolute Gasteiger partial charge is 0.361 e. The fraction of sp³-hybridized carbons (Fsp3) is 0.258. The molecule has 0 bridgehead atoms. The molecule has 198 valence electrons. The molecular weight excluding hydrogens is 505 g/mol. The molecule has 0 saturated heterocycles. The van der Waals surface area contributed by atoms with E-state index in [1.807, 2.05) is 84.6 Å². The third kappa shape index (κ3) is 10.5. The van der Waals surface area contributed by atoms with Crippen molar-refractivity contribution in [2.75, 3.05) is 13.3 Å². The SMILES string of the molecule is C=CN(COCC[Si](C)(C)C)C(=C)/C=C\C(C)S/C(N=C(c1ccccc1)c1ccccc1)=C(/C#N)N=C. The lowest BCUT2D eigenvalue weighted by Gasteiger charge is -2.22. The zero-order chi connectivity index (χ0) is 28.0. The summed E-state index contributed by atoms with van der Waals surface area (Å²) >= 11 is 1.44. The van der Waals surface area contributed by atoms with E-state index in [-0.39, 0.29) is 10.9 Å². The number of nitrogens with zero attached hydrogens (tertiary/aromatic N) is 4. The Morgan fingerprint density at radius 1 is 1.11 bits per heavy atom. The van der Waals surface area contributed by atoms with Gasteiger partial charge in [0.05, 0.1) is 5.71 Å². The van der Waals surface area contributed by atoms with E-state index in [0.29, 0.717) is 11.8 Å². The van der Waals surface area contributed by atoms with E-state index in [1.54, 1.807) is 6.20 Å². The molecule has 5 nitrogen and oxygen atoms in total. The molecule has 0 aliphatic carbocycles. The Morgan fingerprint density at radius 2 is 1.68 bits per heavy atom. The molecule has 0 aliphatic heterocycles. The van der Waals surface area contributed by atoms with Crippen LogP contribution in [-0.2, 0) is 4.74 Å². The van der Waals surface area contributed by atoms with Crippen LogP contribution in [0.15, 0.2) is 119 Å². The Kier molecular flexibility index (Phi) is 12.7. The van der Waals surface area contributed by atoms with E-state index in [0.717, 1.165) is 35.2 Å². The van der Waals surface area contributed by atoms with Crippen LogP contribution in [0.4, 0.5) is 0 Å². The van der Waals surface area contributed by atoms with Crippen LogP contribution in [-0.4, -0.2) is 44.0 Å². The average molecular weight is 543 g/mol. The van der Waals surface area contributed by atoms with Crippen LogP contribution in [0.1, 0.15) is 18.1 Å². The fourth-order valence-corrected chi connectivity index (χ4v) is 4.86. The normalized spacial score (nSPS) is 12.7. The van der Waals surface area contributed by atoms with Gasteiger partial charge in [-0.25, -0.2) is 4.99 Å². The molecule has 1 unspecified atom stereocenters. The lowest BCUT2D eigenvalue weighted by molar-refractivity contribution is 0.0806. The van der Waals surface area contributed by atoms with E-state index in [1.165, 1.54) is 11.8 Å². The third-order valence-corrected chi connectivity index (χ3v) is 8.19. The molecule has 0 N–H and O–H groups in total. The van der Waals surface area contributed by atoms with Gasteiger partial charge in [-0.2, -0.15) is 5.26 Å². The molecule has 0 radical (unpaired) electrons. The van der Waals surface area contributed by atoms with Gasteiger partial charge in [0.2, 0.25) is 0 Å².